The lowest BCUT2D eigenvalue weighted by molar-refractivity contribution is 0.0565. The van der Waals surface area contributed by atoms with Crippen molar-refractivity contribution in [2.24, 2.45) is 53.3 Å². The highest BCUT2D eigenvalue weighted by atomic mass is 16.5. The summed E-state index contributed by atoms with van der Waals surface area (Å²) in [7, 11) is 0. The summed E-state index contributed by atoms with van der Waals surface area (Å²) in [6.07, 6.45) is 7.67. The fourth-order valence-corrected chi connectivity index (χ4v) is 6.37. The van der Waals surface area contributed by atoms with Gasteiger partial charge in [-0.05, 0) is 85.4 Å². The molecule has 0 aromatic carbocycles. The fourth-order valence-electron chi connectivity index (χ4n) is 6.37. The van der Waals surface area contributed by atoms with Crippen molar-refractivity contribution in [2.75, 3.05) is 13.2 Å². The Morgan fingerprint density at radius 2 is 1.65 bits per heavy atom. The molecular weight excluding hydrogens is 244 g/mol. The Hall–Kier alpha value is -0.0400. The quantitative estimate of drug-likeness (QED) is 0.728. The second-order valence-corrected chi connectivity index (χ2v) is 8.98. The Balaban J connectivity index is 1.28. The largest absolute Gasteiger partial charge is 0.381 e. The second kappa shape index (κ2) is 5.00. The lowest BCUT2D eigenvalue weighted by Crippen LogP contribution is -2.39. The molecule has 1 aliphatic heterocycles. The molecule has 8 atom stereocenters. The van der Waals surface area contributed by atoms with Crippen molar-refractivity contribution in [1.82, 2.24) is 0 Å². The van der Waals surface area contributed by atoms with Gasteiger partial charge in [-0.1, -0.05) is 20.8 Å². The van der Waals surface area contributed by atoms with Gasteiger partial charge < -0.3 is 4.74 Å². The third kappa shape index (κ3) is 2.07. The molecule has 3 saturated carbocycles. The van der Waals surface area contributed by atoms with Gasteiger partial charge in [0.25, 0.3) is 0 Å². The van der Waals surface area contributed by atoms with Crippen LogP contribution in [0.25, 0.3) is 0 Å². The van der Waals surface area contributed by atoms with Crippen LogP contribution < -0.4 is 0 Å². The van der Waals surface area contributed by atoms with Gasteiger partial charge in [-0.2, -0.15) is 0 Å². The number of fused-ring (bicyclic) bond motifs is 2. The van der Waals surface area contributed by atoms with Crippen molar-refractivity contribution >= 4 is 0 Å². The van der Waals surface area contributed by atoms with E-state index in [1.165, 1.54) is 12.8 Å². The molecule has 1 heterocycles. The van der Waals surface area contributed by atoms with E-state index in [1.807, 2.05) is 0 Å². The molecule has 0 aromatic rings. The van der Waals surface area contributed by atoms with E-state index in [0.717, 1.165) is 66.5 Å². The molecule has 0 spiro atoms. The van der Waals surface area contributed by atoms with Gasteiger partial charge in [-0.15, -0.1) is 0 Å². The van der Waals surface area contributed by atoms with Crippen LogP contribution in [0.4, 0.5) is 0 Å². The topological polar surface area (TPSA) is 9.23 Å². The molecule has 1 saturated heterocycles. The molecule has 3 aliphatic carbocycles. The van der Waals surface area contributed by atoms with E-state index in [0.29, 0.717) is 0 Å². The van der Waals surface area contributed by atoms with Gasteiger partial charge in [0.15, 0.2) is 0 Å². The van der Waals surface area contributed by atoms with Gasteiger partial charge in [0.1, 0.15) is 0 Å². The monoisotopic (exact) mass is 276 g/mol. The van der Waals surface area contributed by atoms with E-state index in [2.05, 4.69) is 20.8 Å². The lowest BCUT2D eigenvalue weighted by atomic mass is 9.60. The zero-order valence-electron chi connectivity index (χ0n) is 13.6. The Morgan fingerprint density at radius 1 is 0.850 bits per heavy atom. The van der Waals surface area contributed by atoms with E-state index in [-0.39, 0.29) is 0 Å². The molecule has 4 aliphatic rings. The summed E-state index contributed by atoms with van der Waals surface area (Å²) in [5, 5.41) is 0. The van der Waals surface area contributed by atoms with Gasteiger partial charge >= 0.3 is 0 Å². The smallest absolute Gasteiger partial charge is 0.0500 e. The van der Waals surface area contributed by atoms with Crippen molar-refractivity contribution in [1.29, 1.82) is 0 Å². The highest BCUT2D eigenvalue weighted by molar-refractivity contribution is 4.99. The molecule has 0 bridgehead atoms. The normalized spacial score (nSPS) is 51.3. The summed E-state index contributed by atoms with van der Waals surface area (Å²) in [5.41, 5.74) is 0. The van der Waals surface area contributed by atoms with Crippen LogP contribution in [0, 0.1) is 53.3 Å². The zero-order valence-corrected chi connectivity index (χ0v) is 13.6. The third-order valence-corrected chi connectivity index (χ3v) is 7.64. The first-order valence-electron chi connectivity index (χ1n) is 9.21. The van der Waals surface area contributed by atoms with Crippen LogP contribution in [-0.2, 0) is 4.74 Å². The van der Waals surface area contributed by atoms with Crippen LogP contribution in [0.5, 0.6) is 0 Å². The van der Waals surface area contributed by atoms with E-state index < -0.39 is 0 Å². The maximum absolute atomic E-state index is 5.67. The number of hydrogen-bond acceptors (Lipinski definition) is 1. The molecule has 1 nitrogen and oxygen atoms in total. The second-order valence-electron chi connectivity index (χ2n) is 8.98. The summed E-state index contributed by atoms with van der Waals surface area (Å²) in [6, 6.07) is 0. The van der Waals surface area contributed by atoms with E-state index in [4.69, 9.17) is 4.74 Å². The van der Waals surface area contributed by atoms with Crippen molar-refractivity contribution < 1.29 is 4.74 Å². The Labute approximate surface area is 124 Å². The first-order chi connectivity index (χ1) is 9.63. The van der Waals surface area contributed by atoms with Crippen LogP contribution in [0.15, 0.2) is 0 Å². The Kier molecular flexibility index (Phi) is 3.41. The van der Waals surface area contributed by atoms with Gasteiger partial charge in [0.05, 0.1) is 6.61 Å². The molecule has 0 amide bonds. The molecule has 0 radical (unpaired) electrons. The summed E-state index contributed by atoms with van der Waals surface area (Å²) >= 11 is 0. The van der Waals surface area contributed by atoms with Crippen molar-refractivity contribution in [3.63, 3.8) is 0 Å². The summed E-state index contributed by atoms with van der Waals surface area (Å²) in [6.45, 7) is 9.55. The first-order valence-corrected chi connectivity index (χ1v) is 9.21. The van der Waals surface area contributed by atoms with Crippen molar-refractivity contribution in [3.8, 4) is 0 Å². The summed E-state index contributed by atoms with van der Waals surface area (Å²) in [5.74, 6) is 9.11. The van der Waals surface area contributed by atoms with E-state index in [1.54, 1.807) is 19.3 Å². The van der Waals surface area contributed by atoms with E-state index >= 15 is 0 Å². The number of rotatable bonds is 4. The average Bonchev–Trinajstić information content (AvgIpc) is 2.84. The summed E-state index contributed by atoms with van der Waals surface area (Å²) in [4.78, 5) is 0. The molecule has 0 N–H and O–H groups in total. The number of ether oxygens (including phenoxy) is 1. The third-order valence-electron chi connectivity index (χ3n) is 7.64. The lowest BCUT2D eigenvalue weighted by Gasteiger charge is -2.43. The maximum atomic E-state index is 5.67. The van der Waals surface area contributed by atoms with Crippen LogP contribution in [-0.4, -0.2) is 13.2 Å². The summed E-state index contributed by atoms with van der Waals surface area (Å²) < 4.78 is 5.67. The molecule has 1 heteroatoms. The van der Waals surface area contributed by atoms with Crippen LogP contribution in [0.2, 0.25) is 0 Å². The molecule has 114 valence electrons. The standard InChI is InChI=1S/C19H32O/c1-11(2)16-7-14-5-13(6-18(14)16)4-12(3)17-8-15-9-20-10-19(15)17/h11-19H,4-10H2,1-3H3. The highest BCUT2D eigenvalue weighted by Gasteiger charge is 2.50. The molecule has 8 unspecified atom stereocenters. The molecular formula is C19H32O. The fraction of sp³-hybridized carbons (Fsp3) is 1.00. The van der Waals surface area contributed by atoms with Gasteiger partial charge in [-0.3, -0.25) is 0 Å². The Morgan fingerprint density at radius 3 is 2.40 bits per heavy atom. The molecule has 0 aromatic heterocycles. The van der Waals surface area contributed by atoms with Crippen LogP contribution >= 0.6 is 0 Å². The van der Waals surface area contributed by atoms with Gasteiger partial charge in [0.2, 0.25) is 0 Å². The molecule has 20 heavy (non-hydrogen) atoms. The SMILES string of the molecule is CC(C)C1CC2CC(CC(C)C3CC4COCC43)CC21. The zero-order chi connectivity index (χ0) is 13.9. The molecule has 4 fully saturated rings. The predicted octanol–water partition coefficient (Wildman–Crippen LogP) is 4.61. The first kappa shape index (κ1) is 13.6. The van der Waals surface area contributed by atoms with Crippen LogP contribution in [0.3, 0.4) is 0 Å². The van der Waals surface area contributed by atoms with Gasteiger partial charge in [0, 0.05) is 6.61 Å². The van der Waals surface area contributed by atoms with Gasteiger partial charge in [-0.25, -0.2) is 0 Å². The minimum Gasteiger partial charge on any atom is -0.381 e. The minimum absolute atomic E-state index is 0.926. The predicted molar refractivity (Wildman–Crippen MR) is 82.3 cm³/mol. The highest BCUT2D eigenvalue weighted by Crippen LogP contribution is 2.58. The number of hydrogen-bond donors (Lipinski definition) is 0. The Bertz CT molecular complexity index is 363. The average molecular weight is 276 g/mol. The molecule has 4 rings (SSSR count). The van der Waals surface area contributed by atoms with Crippen molar-refractivity contribution in [2.45, 2.75) is 52.9 Å². The minimum atomic E-state index is 0.926. The van der Waals surface area contributed by atoms with Crippen molar-refractivity contribution in [3.05, 3.63) is 0 Å². The van der Waals surface area contributed by atoms with Crippen LogP contribution in [0.1, 0.15) is 52.9 Å². The van der Waals surface area contributed by atoms with E-state index in [9.17, 15) is 0 Å². The maximum Gasteiger partial charge on any atom is 0.0500 e.